The highest BCUT2D eigenvalue weighted by Crippen LogP contribution is 2.38. The Hall–Kier alpha value is -2.71. The summed E-state index contributed by atoms with van der Waals surface area (Å²) in [5.74, 6) is 2.55. The van der Waals surface area contributed by atoms with Crippen molar-refractivity contribution in [2.75, 3.05) is 26.6 Å². The molecule has 0 unspecified atom stereocenters. The van der Waals surface area contributed by atoms with E-state index in [0.717, 1.165) is 21.5 Å². The van der Waals surface area contributed by atoms with E-state index < -0.39 is 0 Å². The Balaban J connectivity index is 1.87. The van der Waals surface area contributed by atoms with Crippen molar-refractivity contribution in [1.29, 1.82) is 0 Å². The molecule has 0 radical (unpaired) electrons. The Labute approximate surface area is 189 Å². The van der Waals surface area contributed by atoms with E-state index >= 15 is 0 Å². The molecule has 0 atom stereocenters. The van der Waals surface area contributed by atoms with Gasteiger partial charge in [0.25, 0.3) is 0 Å². The van der Waals surface area contributed by atoms with E-state index in [1.54, 1.807) is 27.6 Å². The van der Waals surface area contributed by atoms with Gasteiger partial charge in [0.05, 0.1) is 34.1 Å². The Kier molecular flexibility index (Phi) is 7.59. The molecule has 0 amide bonds. The molecule has 0 saturated heterocycles. The van der Waals surface area contributed by atoms with Gasteiger partial charge in [-0.2, -0.15) is 0 Å². The van der Waals surface area contributed by atoms with Crippen LogP contribution in [-0.2, 0) is 13.1 Å². The summed E-state index contributed by atoms with van der Waals surface area (Å²) in [6, 6.07) is 15.4. The maximum Gasteiger partial charge on any atom is 0.203 e. The van der Waals surface area contributed by atoms with Crippen molar-refractivity contribution in [3.63, 3.8) is 0 Å². The number of rotatable bonds is 8. The molecule has 3 aromatic rings. The summed E-state index contributed by atoms with van der Waals surface area (Å²) in [7, 11) is 4.78. The Morgan fingerprint density at radius 3 is 2.20 bits per heavy atom. The van der Waals surface area contributed by atoms with Gasteiger partial charge in [0.1, 0.15) is 5.76 Å². The smallest absolute Gasteiger partial charge is 0.203 e. The summed E-state index contributed by atoms with van der Waals surface area (Å²) in [6.45, 7) is 1.02. The minimum atomic E-state index is 0.506. The van der Waals surface area contributed by atoms with E-state index in [1.807, 2.05) is 53.4 Å². The molecular weight excluding hydrogens is 468 g/mol. The van der Waals surface area contributed by atoms with Crippen molar-refractivity contribution in [1.82, 2.24) is 4.90 Å². The molecule has 1 N–H and O–H groups in total. The molecule has 0 aliphatic heterocycles. The van der Waals surface area contributed by atoms with Crippen LogP contribution in [0.2, 0.25) is 0 Å². The van der Waals surface area contributed by atoms with E-state index in [0.29, 0.717) is 35.5 Å². The molecule has 1 heterocycles. The quantitative estimate of drug-likeness (QED) is 0.420. The summed E-state index contributed by atoms with van der Waals surface area (Å²) in [5.41, 5.74) is 1.86. The number of hydrogen-bond acceptors (Lipinski definition) is 5. The zero-order valence-electron chi connectivity index (χ0n) is 17.0. The van der Waals surface area contributed by atoms with E-state index in [-0.39, 0.29) is 0 Å². The maximum atomic E-state index is 5.71. The van der Waals surface area contributed by atoms with Crippen LogP contribution in [0.15, 0.2) is 63.7 Å². The number of nitrogens with zero attached hydrogens (tertiary/aromatic N) is 1. The van der Waals surface area contributed by atoms with Crippen LogP contribution in [0.3, 0.4) is 0 Å². The van der Waals surface area contributed by atoms with Gasteiger partial charge < -0.3 is 28.8 Å². The molecule has 0 fully saturated rings. The average Bonchev–Trinajstić information content (AvgIpc) is 3.27. The summed E-state index contributed by atoms with van der Waals surface area (Å²) in [6.07, 6.45) is 1.65. The second kappa shape index (κ2) is 10.4. The standard InChI is InChI=1S/C22H23BrN2O4S/c1-26-19-11-15(12-20(27-2)21(19)28-3)13-25(14-18-5-4-10-29-18)22(30)24-17-8-6-16(23)7-9-17/h4-12H,13-14H2,1-3H3,(H,24,30). The van der Waals surface area contributed by atoms with Gasteiger partial charge in [0, 0.05) is 16.7 Å². The minimum Gasteiger partial charge on any atom is -0.493 e. The molecule has 0 spiro atoms. The number of nitrogens with one attached hydrogen (secondary N) is 1. The van der Waals surface area contributed by atoms with Crippen molar-refractivity contribution < 1.29 is 18.6 Å². The summed E-state index contributed by atoms with van der Waals surface area (Å²) in [4.78, 5) is 2.01. The molecule has 8 heteroatoms. The van der Waals surface area contributed by atoms with E-state index in [9.17, 15) is 0 Å². The zero-order valence-corrected chi connectivity index (χ0v) is 19.4. The first kappa shape index (κ1) is 22.0. The lowest BCUT2D eigenvalue weighted by molar-refractivity contribution is 0.321. The third kappa shape index (κ3) is 5.46. The van der Waals surface area contributed by atoms with Crippen LogP contribution >= 0.6 is 28.1 Å². The number of benzene rings is 2. The molecule has 0 bridgehead atoms. The monoisotopic (exact) mass is 490 g/mol. The van der Waals surface area contributed by atoms with Gasteiger partial charge in [0.15, 0.2) is 16.6 Å². The van der Waals surface area contributed by atoms with Crippen LogP contribution in [0, 0.1) is 0 Å². The number of halogens is 1. The summed E-state index contributed by atoms with van der Waals surface area (Å²) < 4.78 is 22.9. The highest BCUT2D eigenvalue weighted by atomic mass is 79.9. The molecule has 0 aliphatic carbocycles. The number of methoxy groups -OCH3 is 3. The van der Waals surface area contributed by atoms with Gasteiger partial charge in [-0.05, 0) is 66.3 Å². The van der Waals surface area contributed by atoms with Gasteiger partial charge in [-0.3, -0.25) is 0 Å². The van der Waals surface area contributed by atoms with Crippen LogP contribution in [0.1, 0.15) is 11.3 Å². The third-order valence-electron chi connectivity index (χ3n) is 4.41. The predicted octanol–water partition coefficient (Wildman–Crippen LogP) is 5.47. The second-order valence-corrected chi connectivity index (χ2v) is 7.71. The van der Waals surface area contributed by atoms with Gasteiger partial charge in [0.2, 0.25) is 5.75 Å². The van der Waals surface area contributed by atoms with Gasteiger partial charge in [-0.15, -0.1) is 0 Å². The molecule has 0 saturated carbocycles. The largest absolute Gasteiger partial charge is 0.493 e. The topological polar surface area (TPSA) is 56.1 Å². The highest BCUT2D eigenvalue weighted by Gasteiger charge is 2.18. The first-order valence-electron chi connectivity index (χ1n) is 9.16. The second-order valence-electron chi connectivity index (χ2n) is 6.41. The summed E-state index contributed by atoms with van der Waals surface area (Å²) >= 11 is 9.15. The molecule has 3 rings (SSSR count). The fraction of sp³-hybridized carbons (Fsp3) is 0.227. The minimum absolute atomic E-state index is 0.506. The molecule has 6 nitrogen and oxygen atoms in total. The zero-order chi connectivity index (χ0) is 21.5. The Morgan fingerprint density at radius 2 is 1.67 bits per heavy atom. The van der Waals surface area contributed by atoms with Gasteiger partial charge in [-0.25, -0.2) is 0 Å². The number of ether oxygens (including phenoxy) is 3. The van der Waals surface area contributed by atoms with Crippen LogP contribution in [-0.4, -0.2) is 31.3 Å². The first-order valence-corrected chi connectivity index (χ1v) is 10.4. The Morgan fingerprint density at radius 1 is 1.00 bits per heavy atom. The van der Waals surface area contributed by atoms with Crippen molar-refractivity contribution in [2.45, 2.75) is 13.1 Å². The van der Waals surface area contributed by atoms with E-state index in [1.165, 1.54) is 0 Å². The Bertz CT molecular complexity index is 952. The first-order chi connectivity index (χ1) is 14.5. The normalized spacial score (nSPS) is 10.4. The number of furan rings is 1. The average molecular weight is 491 g/mol. The van der Waals surface area contributed by atoms with Crippen molar-refractivity contribution in [3.8, 4) is 17.2 Å². The number of thiocarbonyl (C=S) groups is 1. The predicted molar refractivity (Wildman–Crippen MR) is 124 cm³/mol. The molecular formula is C22H23BrN2O4S. The number of hydrogen-bond donors (Lipinski definition) is 1. The fourth-order valence-electron chi connectivity index (χ4n) is 2.97. The maximum absolute atomic E-state index is 5.71. The fourth-order valence-corrected chi connectivity index (χ4v) is 3.48. The SMILES string of the molecule is COc1cc(CN(Cc2ccco2)C(=S)Nc2ccc(Br)cc2)cc(OC)c1OC. The molecule has 158 valence electrons. The van der Waals surface area contributed by atoms with Crippen LogP contribution in [0.5, 0.6) is 17.2 Å². The third-order valence-corrected chi connectivity index (χ3v) is 5.30. The summed E-state index contributed by atoms with van der Waals surface area (Å²) in [5, 5.41) is 3.86. The molecule has 1 aromatic heterocycles. The lowest BCUT2D eigenvalue weighted by Crippen LogP contribution is -2.33. The van der Waals surface area contributed by atoms with Crippen LogP contribution < -0.4 is 19.5 Å². The molecule has 0 aliphatic rings. The lowest BCUT2D eigenvalue weighted by atomic mass is 10.1. The number of anilines is 1. The molecule has 30 heavy (non-hydrogen) atoms. The van der Waals surface area contributed by atoms with Gasteiger partial charge >= 0.3 is 0 Å². The van der Waals surface area contributed by atoms with Gasteiger partial charge in [-0.1, -0.05) is 15.9 Å². The van der Waals surface area contributed by atoms with Crippen molar-refractivity contribution in [3.05, 3.63) is 70.6 Å². The van der Waals surface area contributed by atoms with Crippen LogP contribution in [0.4, 0.5) is 5.69 Å². The van der Waals surface area contributed by atoms with E-state index in [2.05, 4.69) is 21.2 Å². The van der Waals surface area contributed by atoms with Crippen molar-refractivity contribution >= 4 is 38.9 Å². The highest BCUT2D eigenvalue weighted by molar-refractivity contribution is 9.10. The van der Waals surface area contributed by atoms with Crippen LogP contribution in [0.25, 0.3) is 0 Å². The lowest BCUT2D eigenvalue weighted by Gasteiger charge is -2.26. The van der Waals surface area contributed by atoms with E-state index in [4.69, 9.17) is 30.8 Å². The molecule has 2 aromatic carbocycles. The van der Waals surface area contributed by atoms with Crippen molar-refractivity contribution in [2.24, 2.45) is 0 Å².